The largest absolute Gasteiger partial charge is 0.353 e. The van der Waals surface area contributed by atoms with Gasteiger partial charge in [-0.15, -0.1) is 0 Å². The van der Waals surface area contributed by atoms with Crippen LogP contribution in [0.15, 0.2) is 10.9 Å². The third-order valence-electron chi connectivity index (χ3n) is 2.27. The molecule has 0 aromatic carbocycles. The summed E-state index contributed by atoms with van der Waals surface area (Å²) in [5.41, 5.74) is 0.767. The highest BCUT2D eigenvalue weighted by Crippen LogP contribution is 2.22. The van der Waals surface area contributed by atoms with Crippen molar-refractivity contribution in [2.75, 3.05) is 5.32 Å². The monoisotopic (exact) mass is 193 g/mol. The lowest BCUT2D eigenvalue weighted by molar-refractivity contribution is 0.808. The molecule has 1 saturated carbocycles. The first kappa shape index (κ1) is 9.24. The van der Waals surface area contributed by atoms with Crippen molar-refractivity contribution in [1.82, 2.24) is 9.97 Å². The number of rotatable bonds is 3. The summed E-state index contributed by atoms with van der Waals surface area (Å²) in [7, 11) is 0. The molecule has 1 fully saturated rings. The first-order valence-electron chi connectivity index (χ1n) is 5.03. The van der Waals surface area contributed by atoms with Crippen LogP contribution in [0.25, 0.3) is 0 Å². The predicted octanol–water partition coefficient (Wildman–Crippen LogP) is 1.47. The number of anilines is 1. The molecule has 0 aliphatic heterocycles. The molecule has 0 radical (unpaired) electrons. The minimum absolute atomic E-state index is 0.0770. The standard InChI is InChI=1S/C10H15N3O/c1-6(2)8-5-9(14)13-10(12-8)11-7-3-4-7/h5-7H,3-4H2,1-2H3,(H2,11,12,13,14). The van der Waals surface area contributed by atoms with E-state index < -0.39 is 0 Å². The fourth-order valence-electron chi connectivity index (χ4n) is 1.26. The van der Waals surface area contributed by atoms with Crippen LogP contribution < -0.4 is 10.9 Å². The smallest absolute Gasteiger partial charge is 0.252 e. The molecule has 14 heavy (non-hydrogen) atoms. The molecule has 0 spiro atoms. The van der Waals surface area contributed by atoms with Crippen LogP contribution >= 0.6 is 0 Å². The van der Waals surface area contributed by atoms with Crippen LogP contribution in [-0.2, 0) is 0 Å². The van der Waals surface area contributed by atoms with E-state index in [4.69, 9.17) is 0 Å². The van der Waals surface area contributed by atoms with Crippen molar-refractivity contribution >= 4 is 5.95 Å². The fourth-order valence-corrected chi connectivity index (χ4v) is 1.26. The van der Waals surface area contributed by atoms with Gasteiger partial charge in [0.2, 0.25) is 5.95 Å². The second-order valence-electron chi connectivity index (χ2n) is 4.09. The summed E-state index contributed by atoms with van der Waals surface area (Å²) in [5.74, 6) is 0.903. The number of H-pyrrole nitrogens is 1. The third-order valence-corrected chi connectivity index (χ3v) is 2.27. The van der Waals surface area contributed by atoms with Gasteiger partial charge in [-0.3, -0.25) is 9.78 Å². The van der Waals surface area contributed by atoms with Crippen molar-refractivity contribution in [3.8, 4) is 0 Å². The lowest BCUT2D eigenvalue weighted by Gasteiger charge is -2.07. The van der Waals surface area contributed by atoms with E-state index in [0.717, 1.165) is 5.69 Å². The van der Waals surface area contributed by atoms with Gasteiger partial charge in [0.1, 0.15) is 0 Å². The Labute approximate surface area is 82.8 Å². The summed E-state index contributed by atoms with van der Waals surface area (Å²) in [6, 6.07) is 2.07. The van der Waals surface area contributed by atoms with Gasteiger partial charge in [-0.2, -0.15) is 0 Å². The SMILES string of the molecule is CC(C)c1cc(=O)[nH]c(NC2CC2)n1. The molecule has 0 atom stereocenters. The normalized spacial score (nSPS) is 15.9. The van der Waals surface area contributed by atoms with Crippen molar-refractivity contribution in [2.24, 2.45) is 0 Å². The molecule has 0 saturated heterocycles. The number of hydrogen-bond donors (Lipinski definition) is 2. The Balaban J connectivity index is 2.25. The van der Waals surface area contributed by atoms with E-state index in [-0.39, 0.29) is 11.5 Å². The Morgan fingerprint density at radius 1 is 1.57 bits per heavy atom. The highest BCUT2D eigenvalue weighted by Gasteiger charge is 2.21. The molecule has 2 rings (SSSR count). The Hall–Kier alpha value is -1.32. The van der Waals surface area contributed by atoms with Gasteiger partial charge in [-0.1, -0.05) is 13.8 Å². The van der Waals surface area contributed by atoms with E-state index in [1.807, 2.05) is 13.8 Å². The highest BCUT2D eigenvalue weighted by atomic mass is 16.1. The first-order valence-corrected chi connectivity index (χ1v) is 5.03. The van der Waals surface area contributed by atoms with Gasteiger partial charge in [-0.25, -0.2) is 4.98 Å². The van der Waals surface area contributed by atoms with Crippen LogP contribution in [0.2, 0.25) is 0 Å². The van der Waals surface area contributed by atoms with E-state index >= 15 is 0 Å². The molecular weight excluding hydrogens is 178 g/mol. The number of aromatic amines is 1. The lowest BCUT2D eigenvalue weighted by atomic mass is 10.1. The van der Waals surface area contributed by atoms with E-state index in [2.05, 4.69) is 15.3 Å². The van der Waals surface area contributed by atoms with Crippen molar-refractivity contribution in [3.05, 3.63) is 22.1 Å². The second kappa shape index (κ2) is 3.44. The maximum atomic E-state index is 11.3. The van der Waals surface area contributed by atoms with E-state index in [0.29, 0.717) is 12.0 Å². The summed E-state index contributed by atoms with van der Waals surface area (Å²) < 4.78 is 0. The summed E-state index contributed by atoms with van der Waals surface area (Å²) in [4.78, 5) is 18.3. The summed E-state index contributed by atoms with van der Waals surface area (Å²) in [6.45, 7) is 4.06. The van der Waals surface area contributed by atoms with Crippen LogP contribution in [0.3, 0.4) is 0 Å². The number of aromatic nitrogens is 2. The molecule has 1 aliphatic rings. The molecule has 1 aromatic heterocycles. The predicted molar refractivity (Wildman–Crippen MR) is 55.6 cm³/mol. The average Bonchev–Trinajstić information content (AvgIpc) is 2.87. The molecule has 0 amide bonds. The van der Waals surface area contributed by atoms with Gasteiger partial charge >= 0.3 is 0 Å². The van der Waals surface area contributed by atoms with Crippen molar-refractivity contribution in [1.29, 1.82) is 0 Å². The molecule has 0 unspecified atom stereocenters. The van der Waals surface area contributed by atoms with Crippen LogP contribution in [0.1, 0.15) is 38.3 Å². The molecule has 1 heterocycles. The molecule has 4 nitrogen and oxygen atoms in total. The Bertz CT molecular complexity index is 379. The van der Waals surface area contributed by atoms with Gasteiger partial charge in [0.25, 0.3) is 5.56 Å². The zero-order valence-electron chi connectivity index (χ0n) is 8.50. The Morgan fingerprint density at radius 3 is 2.86 bits per heavy atom. The minimum atomic E-state index is -0.0770. The summed E-state index contributed by atoms with van der Waals surface area (Å²) >= 11 is 0. The quantitative estimate of drug-likeness (QED) is 0.764. The van der Waals surface area contributed by atoms with Crippen LogP contribution in [0.4, 0.5) is 5.95 Å². The van der Waals surface area contributed by atoms with Gasteiger partial charge in [0.15, 0.2) is 0 Å². The minimum Gasteiger partial charge on any atom is -0.353 e. The maximum Gasteiger partial charge on any atom is 0.252 e. The molecule has 76 valence electrons. The number of nitrogens with one attached hydrogen (secondary N) is 2. The Kier molecular flexibility index (Phi) is 2.27. The van der Waals surface area contributed by atoms with Crippen molar-refractivity contribution in [2.45, 2.75) is 38.6 Å². The molecule has 1 aliphatic carbocycles. The second-order valence-corrected chi connectivity index (χ2v) is 4.09. The van der Waals surface area contributed by atoms with E-state index in [1.54, 1.807) is 6.07 Å². The highest BCUT2D eigenvalue weighted by molar-refractivity contribution is 5.29. The Morgan fingerprint density at radius 2 is 2.29 bits per heavy atom. The molecule has 4 heteroatoms. The van der Waals surface area contributed by atoms with Crippen LogP contribution in [0, 0.1) is 0 Å². The molecule has 2 N–H and O–H groups in total. The first-order chi connectivity index (χ1) is 6.65. The van der Waals surface area contributed by atoms with E-state index in [1.165, 1.54) is 12.8 Å². The third kappa shape index (κ3) is 2.13. The zero-order valence-corrected chi connectivity index (χ0v) is 8.50. The van der Waals surface area contributed by atoms with Gasteiger partial charge in [-0.05, 0) is 18.8 Å². The topological polar surface area (TPSA) is 57.8 Å². The van der Waals surface area contributed by atoms with E-state index in [9.17, 15) is 4.79 Å². The van der Waals surface area contributed by atoms with Crippen molar-refractivity contribution in [3.63, 3.8) is 0 Å². The fraction of sp³-hybridized carbons (Fsp3) is 0.600. The number of nitrogens with zero attached hydrogens (tertiary/aromatic N) is 1. The maximum absolute atomic E-state index is 11.3. The number of hydrogen-bond acceptors (Lipinski definition) is 3. The zero-order chi connectivity index (χ0) is 10.1. The van der Waals surface area contributed by atoms with Gasteiger partial charge < -0.3 is 5.32 Å². The van der Waals surface area contributed by atoms with Gasteiger partial charge in [0.05, 0.1) is 5.69 Å². The average molecular weight is 193 g/mol. The van der Waals surface area contributed by atoms with Crippen LogP contribution in [-0.4, -0.2) is 16.0 Å². The van der Waals surface area contributed by atoms with Gasteiger partial charge in [0, 0.05) is 12.1 Å². The van der Waals surface area contributed by atoms with Crippen molar-refractivity contribution < 1.29 is 0 Å². The lowest BCUT2D eigenvalue weighted by Crippen LogP contribution is -2.15. The molecule has 0 bridgehead atoms. The molecule has 1 aromatic rings. The van der Waals surface area contributed by atoms with Crippen LogP contribution in [0.5, 0.6) is 0 Å². The molecular formula is C10H15N3O. The summed E-state index contributed by atoms with van der Waals surface area (Å²) in [5, 5.41) is 3.19. The summed E-state index contributed by atoms with van der Waals surface area (Å²) in [6.07, 6.45) is 2.35.